The van der Waals surface area contributed by atoms with Gasteiger partial charge >= 0.3 is 0 Å². The number of ketones is 1. The van der Waals surface area contributed by atoms with Gasteiger partial charge in [-0.15, -0.1) is 0 Å². The van der Waals surface area contributed by atoms with Gasteiger partial charge < -0.3 is 19.5 Å². The van der Waals surface area contributed by atoms with Crippen molar-refractivity contribution in [2.45, 2.75) is 19.4 Å². The fourth-order valence-corrected chi connectivity index (χ4v) is 4.43. The van der Waals surface area contributed by atoms with Crippen LogP contribution in [0.2, 0.25) is 0 Å². The average Bonchev–Trinajstić information content (AvgIpc) is 3.10. The maximum Gasteiger partial charge on any atom is 0.295 e. The number of morpholine rings is 1. The van der Waals surface area contributed by atoms with Gasteiger partial charge in [0.05, 0.1) is 31.9 Å². The van der Waals surface area contributed by atoms with Crippen molar-refractivity contribution in [3.63, 3.8) is 0 Å². The van der Waals surface area contributed by atoms with Crippen molar-refractivity contribution in [2.75, 3.05) is 46.5 Å². The first kappa shape index (κ1) is 23.0. The number of amides is 1. The number of nitrogens with zero attached hydrogens (tertiary/aromatic N) is 2. The Balaban J connectivity index is 1.68. The van der Waals surface area contributed by atoms with Crippen LogP contribution in [0.4, 0.5) is 0 Å². The molecule has 0 spiro atoms. The number of Topliss-reactive ketones (excluding diaryl/α,β-unsaturated/α-hetero) is 1. The molecule has 2 heterocycles. The first-order valence-corrected chi connectivity index (χ1v) is 11.3. The van der Waals surface area contributed by atoms with Gasteiger partial charge in [0, 0.05) is 31.7 Å². The van der Waals surface area contributed by atoms with Crippen molar-refractivity contribution in [2.24, 2.45) is 0 Å². The fraction of sp³-hybridized carbons (Fsp3) is 0.385. The number of aryl methyl sites for hydroxylation is 1. The second kappa shape index (κ2) is 10.2. The van der Waals surface area contributed by atoms with Crippen LogP contribution in [-0.2, 0) is 14.3 Å². The van der Waals surface area contributed by atoms with E-state index in [1.807, 2.05) is 43.3 Å². The van der Waals surface area contributed by atoms with Crippen LogP contribution < -0.4 is 4.74 Å². The van der Waals surface area contributed by atoms with E-state index < -0.39 is 17.7 Å². The van der Waals surface area contributed by atoms with Crippen LogP contribution in [0.3, 0.4) is 0 Å². The number of hydrogen-bond donors (Lipinski definition) is 1. The van der Waals surface area contributed by atoms with Crippen LogP contribution >= 0.6 is 0 Å². The standard InChI is InChI=1S/C26H30N2O5/c1-18-7-9-19(10-8-18)24(29)22-23(20-5-3-6-21(17-20)32-2)28(26(31)25(22)30)12-4-11-27-13-15-33-16-14-27/h3,5-10,17,23,29H,4,11-16H2,1-2H3/t23-/m0/s1. The molecule has 7 heteroatoms. The van der Waals surface area contributed by atoms with Gasteiger partial charge in [0.25, 0.3) is 11.7 Å². The lowest BCUT2D eigenvalue weighted by atomic mass is 9.95. The summed E-state index contributed by atoms with van der Waals surface area (Å²) in [6.45, 7) is 6.34. The van der Waals surface area contributed by atoms with E-state index in [0.29, 0.717) is 31.1 Å². The third kappa shape index (κ3) is 4.94. The normalized spacial score (nSPS) is 20.9. The fourth-order valence-electron chi connectivity index (χ4n) is 4.43. The third-order valence-electron chi connectivity index (χ3n) is 6.25. The predicted molar refractivity (Wildman–Crippen MR) is 125 cm³/mol. The number of aliphatic hydroxyl groups excluding tert-OH is 1. The van der Waals surface area contributed by atoms with Crippen molar-refractivity contribution < 1.29 is 24.2 Å². The molecule has 2 fully saturated rings. The van der Waals surface area contributed by atoms with Gasteiger partial charge in [-0.1, -0.05) is 42.0 Å². The number of rotatable bonds is 7. The molecule has 1 atom stereocenters. The smallest absolute Gasteiger partial charge is 0.295 e. The number of benzene rings is 2. The molecule has 2 aromatic carbocycles. The van der Waals surface area contributed by atoms with Gasteiger partial charge in [-0.25, -0.2) is 0 Å². The van der Waals surface area contributed by atoms with E-state index in [9.17, 15) is 14.7 Å². The summed E-state index contributed by atoms with van der Waals surface area (Å²) in [7, 11) is 1.57. The largest absolute Gasteiger partial charge is 0.507 e. The number of carbonyl (C=O) groups is 2. The molecule has 2 aromatic rings. The minimum Gasteiger partial charge on any atom is -0.507 e. The molecule has 1 amide bonds. The van der Waals surface area contributed by atoms with Gasteiger partial charge in [-0.05, 0) is 31.0 Å². The summed E-state index contributed by atoms with van der Waals surface area (Å²) in [4.78, 5) is 30.1. The SMILES string of the molecule is COc1cccc([C@H]2C(=C(O)c3ccc(C)cc3)C(=O)C(=O)N2CCCN2CCOCC2)c1. The van der Waals surface area contributed by atoms with Gasteiger partial charge in [0.15, 0.2) is 0 Å². The summed E-state index contributed by atoms with van der Waals surface area (Å²) in [5.41, 5.74) is 2.40. The van der Waals surface area contributed by atoms with Gasteiger partial charge in [0.1, 0.15) is 11.5 Å². The number of ether oxygens (including phenoxy) is 2. The highest BCUT2D eigenvalue weighted by Gasteiger charge is 2.45. The van der Waals surface area contributed by atoms with E-state index in [0.717, 1.165) is 37.2 Å². The molecule has 0 saturated carbocycles. The van der Waals surface area contributed by atoms with Crippen LogP contribution in [0.15, 0.2) is 54.1 Å². The topological polar surface area (TPSA) is 79.3 Å². The van der Waals surface area contributed by atoms with E-state index in [1.54, 1.807) is 24.1 Å². The highest BCUT2D eigenvalue weighted by atomic mass is 16.5. The summed E-state index contributed by atoms with van der Waals surface area (Å²) in [6, 6.07) is 13.9. The second-order valence-electron chi connectivity index (χ2n) is 8.44. The molecular formula is C26H30N2O5. The average molecular weight is 451 g/mol. The zero-order valence-corrected chi connectivity index (χ0v) is 19.1. The van der Waals surface area contributed by atoms with E-state index in [4.69, 9.17) is 9.47 Å². The zero-order chi connectivity index (χ0) is 23.4. The van der Waals surface area contributed by atoms with Crippen molar-refractivity contribution >= 4 is 17.4 Å². The molecule has 33 heavy (non-hydrogen) atoms. The van der Waals surface area contributed by atoms with E-state index in [-0.39, 0.29) is 11.3 Å². The summed E-state index contributed by atoms with van der Waals surface area (Å²) >= 11 is 0. The highest BCUT2D eigenvalue weighted by Crippen LogP contribution is 2.40. The first-order valence-electron chi connectivity index (χ1n) is 11.3. The zero-order valence-electron chi connectivity index (χ0n) is 19.1. The Labute approximate surface area is 194 Å². The Morgan fingerprint density at radius 2 is 1.82 bits per heavy atom. The van der Waals surface area contributed by atoms with Gasteiger partial charge in [0.2, 0.25) is 0 Å². The van der Waals surface area contributed by atoms with Crippen LogP contribution in [0.5, 0.6) is 5.75 Å². The Bertz CT molecular complexity index is 1040. The van der Waals surface area contributed by atoms with Crippen molar-refractivity contribution in [1.82, 2.24) is 9.80 Å². The third-order valence-corrected chi connectivity index (χ3v) is 6.25. The van der Waals surface area contributed by atoms with Crippen LogP contribution in [0.25, 0.3) is 5.76 Å². The van der Waals surface area contributed by atoms with Gasteiger partial charge in [-0.2, -0.15) is 0 Å². The molecular weight excluding hydrogens is 420 g/mol. The number of hydrogen-bond acceptors (Lipinski definition) is 6. The molecule has 7 nitrogen and oxygen atoms in total. The summed E-state index contributed by atoms with van der Waals surface area (Å²) in [5.74, 6) is -0.774. The Morgan fingerprint density at radius 3 is 2.52 bits per heavy atom. The molecule has 4 rings (SSSR count). The Morgan fingerprint density at radius 1 is 1.09 bits per heavy atom. The molecule has 2 aliphatic rings. The lowest BCUT2D eigenvalue weighted by Gasteiger charge is -2.29. The summed E-state index contributed by atoms with van der Waals surface area (Å²) in [5, 5.41) is 11.1. The highest BCUT2D eigenvalue weighted by molar-refractivity contribution is 6.46. The molecule has 0 radical (unpaired) electrons. The molecule has 0 unspecified atom stereocenters. The van der Waals surface area contributed by atoms with Crippen LogP contribution in [0, 0.1) is 6.92 Å². The Hall–Kier alpha value is -3.16. The maximum atomic E-state index is 13.1. The lowest BCUT2D eigenvalue weighted by molar-refractivity contribution is -0.140. The van der Waals surface area contributed by atoms with Crippen LogP contribution in [0.1, 0.15) is 29.2 Å². The molecule has 0 bridgehead atoms. The molecule has 1 N–H and O–H groups in total. The van der Waals surface area contributed by atoms with E-state index in [2.05, 4.69) is 4.90 Å². The summed E-state index contributed by atoms with van der Waals surface area (Å²) in [6.07, 6.45) is 0.720. The lowest BCUT2D eigenvalue weighted by Crippen LogP contribution is -2.38. The molecule has 0 aliphatic carbocycles. The number of carbonyl (C=O) groups excluding carboxylic acids is 2. The first-order chi connectivity index (χ1) is 16.0. The molecule has 0 aromatic heterocycles. The second-order valence-corrected chi connectivity index (χ2v) is 8.44. The van der Waals surface area contributed by atoms with Crippen molar-refractivity contribution in [3.8, 4) is 5.75 Å². The number of likely N-dealkylation sites (tertiary alicyclic amines) is 1. The number of methoxy groups -OCH3 is 1. The van der Waals surface area contributed by atoms with Crippen LogP contribution in [-0.4, -0.2) is 73.1 Å². The monoisotopic (exact) mass is 450 g/mol. The van der Waals surface area contributed by atoms with Gasteiger partial charge in [-0.3, -0.25) is 14.5 Å². The minimum absolute atomic E-state index is 0.114. The van der Waals surface area contributed by atoms with Crippen molar-refractivity contribution in [1.29, 1.82) is 0 Å². The molecule has 174 valence electrons. The maximum absolute atomic E-state index is 13.1. The van der Waals surface area contributed by atoms with E-state index >= 15 is 0 Å². The molecule has 2 saturated heterocycles. The van der Waals surface area contributed by atoms with E-state index in [1.165, 1.54) is 0 Å². The molecule has 2 aliphatic heterocycles. The summed E-state index contributed by atoms with van der Waals surface area (Å²) < 4.78 is 10.8. The minimum atomic E-state index is -0.675. The predicted octanol–water partition coefficient (Wildman–Crippen LogP) is 3.15. The quantitative estimate of drug-likeness (QED) is 0.397. The number of aliphatic hydroxyl groups is 1. The Kier molecular flexibility index (Phi) is 7.11. The van der Waals surface area contributed by atoms with Crippen molar-refractivity contribution in [3.05, 3.63) is 70.8 Å².